The number of urea groups is 1. The number of carbonyl (C=O) groups excluding carboxylic acids is 2. The SMILES string of the molecule is O=C(NCCNC(=O)c1ccco1)Nc1cccc2ccccc12. The molecular weight excluding hydrogens is 306 g/mol. The molecule has 0 spiro atoms. The summed E-state index contributed by atoms with van der Waals surface area (Å²) in [5.41, 5.74) is 0.741. The molecule has 6 heteroatoms. The predicted octanol–water partition coefficient (Wildman–Crippen LogP) is 2.98. The molecule has 0 unspecified atom stereocenters. The van der Waals surface area contributed by atoms with Crippen molar-refractivity contribution in [2.45, 2.75) is 0 Å². The molecule has 0 aliphatic rings. The second kappa shape index (κ2) is 7.32. The number of furan rings is 1. The maximum absolute atomic E-state index is 12.0. The zero-order valence-electron chi connectivity index (χ0n) is 12.9. The van der Waals surface area contributed by atoms with Gasteiger partial charge in [-0.05, 0) is 23.6 Å². The van der Waals surface area contributed by atoms with Crippen molar-refractivity contribution >= 4 is 28.4 Å². The van der Waals surface area contributed by atoms with Crippen LogP contribution in [0.1, 0.15) is 10.6 Å². The lowest BCUT2D eigenvalue weighted by Gasteiger charge is -2.10. The van der Waals surface area contributed by atoms with Crippen molar-refractivity contribution < 1.29 is 14.0 Å². The number of hydrogen-bond donors (Lipinski definition) is 3. The molecule has 0 fully saturated rings. The number of anilines is 1. The minimum absolute atomic E-state index is 0.246. The van der Waals surface area contributed by atoms with Crippen molar-refractivity contribution in [1.82, 2.24) is 10.6 Å². The van der Waals surface area contributed by atoms with E-state index in [1.807, 2.05) is 42.5 Å². The minimum Gasteiger partial charge on any atom is -0.459 e. The Bertz CT molecular complexity index is 838. The fourth-order valence-electron chi connectivity index (χ4n) is 2.35. The molecule has 0 aliphatic heterocycles. The monoisotopic (exact) mass is 323 g/mol. The van der Waals surface area contributed by atoms with Crippen LogP contribution in [0.2, 0.25) is 0 Å². The van der Waals surface area contributed by atoms with Gasteiger partial charge in [0.15, 0.2) is 5.76 Å². The van der Waals surface area contributed by atoms with Gasteiger partial charge in [0.25, 0.3) is 5.91 Å². The van der Waals surface area contributed by atoms with Crippen LogP contribution in [0.15, 0.2) is 65.3 Å². The molecule has 3 aromatic rings. The first kappa shape index (κ1) is 15.6. The third-order valence-corrected chi connectivity index (χ3v) is 3.48. The topological polar surface area (TPSA) is 83.4 Å². The van der Waals surface area contributed by atoms with Gasteiger partial charge in [0.05, 0.1) is 12.0 Å². The average molecular weight is 323 g/mol. The van der Waals surface area contributed by atoms with Crippen LogP contribution in [-0.2, 0) is 0 Å². The number of benzene rings is 2. The number of hydrogen-bond acceptors (Lipinski definition) is 3. The second-order valence-corrected chi connectivity index (χ2v) is 5.14. The Kier molecular flexibility index (Phi) is 4.76. The minimum atomic E-state index is -0.321. The molecule has 0 aliphatic carbocycles. The van der Waals surface area contributed by atoms with E-state index >= 15 is 0 Å². The lowest BCUT2D eigenvalue weighted by Crippen LogP contribution is -2.36. The van der Waals surface area contributed by atoms with Gasteiger partial charge in [0.2, 0.25) is 0 Å². The first-order chi connectivity index (χ1) is 11.7. The Balaban J connectivity index is 1.48. The van der Waals surface area contributed by atoms with E-state index < -0.39 is 0 Å². The summed E-state index contributed by atoms with van der Waals surface area (Å²) < 4.78 is 4.98. The molecule has 0 saturated carbocycles. The van der Waals surface area contributed by atoms with Crippen molar-refractivity contribution in [2.75, 3.05) is 18.4 Å². The molecule has 24 heavy (non-hydrogen) atoms. The van der Waals surface area contributed by atoms with Crippen LogP contribution in [0.5, 0.6) is 0 Å². The van der Waals surface area contributed by atoms with Crippen molar-refractivity contribution in [3.8, 4) is 0 Å². The van der Waals surface area contributed by atoms with Crippen molar-refractivity contribution in [3.05, 3.63) is 66.6 Å². The van der Waals surface area contributed by atoms with Crippen LogP contribution in [0.4, 0.5) is 10.5 Å². The molecule has 0 radical (unpaired) electrons. The van der Waals surface area contributed by atoms with Gasteiger partial charge in [-0.2, -0.15) is 0 Å². The molecule has 1 heterocycles. The van der Waals surface area contributed by atoms with Crippen LogP contribution >= 0.6 is 0 Å². The van der Waals surface area contributed by atoms with E-state index in [1.165, 1.54) is 6.26 Å². The zero-order chi connectivity index (χ0) is 16.8. The molecule has 0 bridgehead atoms. The van der Waals surface area contributed by atoms with Crippen molar-refractivity contribution in [1.29, 1.82) is 0 Å². The lowest BCUT2D eigenvalue weighted by atomic mass is 10.1. The molecule has 3 amide bonds. The Morgan fingerprint density at radius 2 is 1.67 bits per heavy atom. The third-order valence-electron chi connectivity index (χ3n) is 3.48. The van der Waals surface area contributed by atoms with Crippen LogP contribution in [0, 0.1) is 0 Å². The summed E-state index contributed by atoms with van der Waals surface area (Å²) in [6, 6.07) is 16.4. The van der Waals surface area contributed by atoms with Crippen molar-refractivity contribution in [3.63, 3.8) is 0 Å². The number of rotatable bonds is 5. The fourth-order valence-corrected chi connectivity index (χ4v) is 2.35. The maximum Gasteiger partial charge on any atom is 0.319 e. The molecule has 0 atom stereocenters. The van der Waals surface area contributed by atoms with Crippen molar-refractivity contribution in [2.24, 2.45) is 0 Å². The highest BCUT2D eigenvalue weighted by atomic mass is 16.3. The molecule has 3 rings (SSSR count). The lowest BCUT2D eigenvalue weighted by molar-refractivity contribution is 0.0926. The van der Waals surface area contributed by atoms with Gasteiger partial charge in [0.1, 0.15) is 0 Å². The van der Waals surface area contributed by atoms with E-state index in [1.54, 1.807) is 12.1 Å². The quantitative estimate of drug-likeness (QED) is 0.631. The third kappa shape index (κ3) is 3.73. The van der Waals surface area contributed by atoms with Crippen LogP contribution < -0.4 is 16.0 Å². The average Bonchev–Trinajstić information content (AvgIpc) is 3.14. The summed E-state index contributed by atoms with van der Waals surface area (Å²) in [6.45, 7) is 0.617. The highest BCUT2D eigenvalue weighted by Crippen LogP contribution is 2.22. The maximum atomic E-state index is 12.0. The number of fused-ring (bicyclic) bond motifs is 1. The Labute approximate surface area is 138 Å². The van der Waals surface area contributed by atoms with E-state index in [0.717, 1.165) is 16.5 Å². The molecule has 3 N–H and O–H groups in total. The zero-order valence-corrected chi connectivity index (χ0v) is 12.9. The highest BCUT2D eigenvalue weighted by molar-refractivity contribution is 6.01. The van der Waals surface area contributed by atoms with E-state index in [0.29, 0.717) is 13.1 Å². The summed E-state index contributed by atoms with van der Waals surface area (Å²) in [4.78, 5) is 23.6. The van der Waals surface area contributed by atoms with Gasteiger partial charge in [-0.25, -0.2) is 4.79 Å². The van der Waals surface area contributed by atoms with E-state index in [-0.39, 0.29) is 17.7 Å². The first-order valence-electron chi connectivity index (χ1n) is 7.58. The summed E-state index contributed by atoms with van der Waals surface area (Å²) >= 11 is 0. The van der Waals surface area contributed by atoms with Crippen LogP contribution in [0.3, 0.4) is 0 Å². The number of amides is 3. The Morgan fingerprint density at radius 1 is 0.875 bits per heavy atom. The molecule has 122 valence electrons. The molecule has 6 nitrogen and oxygen atoms in total. The fraction of sp³-hybridized carbons (Fsp3) is 0.111. The first-order valence-corrected chi connectivity index (χ1v) is 7.58. The second-order valence-electron chi connectivity index (χ2n) is 5.14. The smallest absolute Gasteiger partial charge is 0.319 e. The summed E-state index contributed by atoms with van der Waals surface area (Å²) in [5, 5.41) is 10.2. The molecule has 2 aromatic carbocycles. The summed E-state index contributed by atoms with van der Waals surface area (Å²) in [7, 11) is 0. The van der Waals surface area contributed by atoms with Gasteiger partial charge in [-0.1, -0.05) is 36.4 Å². The van der Waals surface area contributed by atoms with E-state index in [2.05, 4.69) is 16.0 Å². The predicted molar refractivity (Wildman–Crippen MR) is 92.0 cm³/mol. The number of nitrogens with one attached hydrogen (secondary N) is 3. The largest absolute Gasteiger partial charge is 0.459 e. The summed E-state index contributed by atoms with van der Waals surface area (Å²) in [6.07, 6.45) is 1.44. The van der Waals surface area contributed by atoms with E-state index in [9.17, 15) is 9.59 Å². The summed E-state index contributed by atoms with van der Waals surface area (Å²) in [5.74, 6) is -0.0635. The van der Waals surface area contributed by atoms with Gasteiger partial charge in [-0.3, -0.25) is 4.79 Å². The van der Waals surface area contributed by atoms with Crippen LogP contribution in [-0.4, -0.2) is 25.0 Å². The van der Waals surface area contributed by atoms with Gasteiger partial charge in [0, 0.05) is 18.5 Å². The highest BCUT2D eigenvalue weighted by Gasteiger charge is 2.08. The normalized spacial score (nSPS) is 10.3. The van der Waals surface area contributed by atoms with Gasteiger partial charge >= 0.3 is 6.03 Å². The Morgan fingerprint density at radius 3 is 2.50 bits per heavy atom. The molecule has 1 aromatic heterocycles. The molecule has 0 saturated heterocycles. The van der Waals surface area contributed by atoms with E-state index in [4.69, 9.17) is 4.42 Å². The molecular formula is C18H17N3O3. The van der Waals surface area contributed by atoms with Gasteiger partial charge in [-0.15, -0.1) is 0 Å². The number of carbonyl (C=O) groups is 2. The van der Waals surface area contributed by atoms with Crippen LogP contribution in [0.25, 0.3) is 10.8 Å². The van der Waals surface area contributed by atoms with Gasteiger partial charge < -0.3 is 20.4 Å². The Hall–Kier alpha value is -3.28. The standard InChI is InChI=1S/C18H17N3O3/c22-17(16-9-4-12-24-16)19-10-11-20-18(23)21-15-8-3-6-13-5-1-2-7-14(13)15/h1-9,12H,10-11H2,(H,19,22)(H2,20,21,23).